The van der Waals surface area contributed by atoms with Gasteiger partial charge >= 0.3 is 0 Å². The van der Waals surface area contributed by atoms with Crippen molar-refractivity contribution in [2.24, 2.45) is 11.5 Å². The van der Waals surface area contributed by atoms with Gasteiger partial charge in [0.2, 0.25) is 0 Å². The van der Waals surface area contributed by atoms with Crippen LogP contribution in [-0.4, -0.2) is 43.3 Å². The standard InChI is InChI=1S/C6H15NO2.C5H13N2O2/c1-5(2,8)7-6(3,4)9;1-4(6,8)3-5(2,7)9/h7-9H,1-4H3;3,8-9H,6-7H2,1-2H3. The van der Waals surface area contributed by atoms with E-state index in [-0.39, 0.29) is 0 Å². The van der Waals surface area contributed by atoms with E-state index in [0.29, 0.717) is 0 Å². The molecule has 0 aromatic rings. The maximum Gasteiger partial charge on any atom is 0.118 e. The normalized spacial score (nSPS) is 19.3. The van der Waals surface area contributed by atoms with Crippen molar-refractivity contribution in [2.75, 3.05) is 0 Å². The molecule has 111 valence electrons. The maximum absolute atomic E-state index is 9.08. The first-order valence-corrected chi connectivity index (χ1v) is 5.55. The lowest BCUT2D eigenvalue weighted by Gasteiger charge is -2.28. The average molecular weight is 266 g/mol. The van der Waals surface area contributed by atoms with Crippen LogP contribution in [0.5, 0.6) is 0 Å². The Kier molecular flexibility index (Phi) is 6.96. The third-order valence-electron chi connectivity index (χ3n) is 1.20. The fourth-order valence-electron chi connectivity index (χ4n) is 1.34. The molecule has 9 N–H and O–H groups in total. The summed E-state index contributed by atoms with van der Waals surface area (Å²) < 4.78 is 0. The molecule has 0 saturated carbocycles. The van der Waals surface area contributed by atoms with Crippen molar-refractivity contribution in [3.63, 3.8) is 0 Å². The van der Waals surface area contributed by atoms with Crippen LogP contribution >= 0.6 is 0 Å². The Hall–Kier alpha value is -0.280. The average Bonchev–Trinajstić information content (AvgIpc) is 1.64. The molecule has 18 heavy (non-hydrogen) atoms. The molecule has 0 aliphatic rings. The molecular formula is C11H28N3O4. The van der Waals surface area contributed by atoms with Crippen molar-refractivity contribution in [3.05, 3.63) is 6.42 Å². The van der Waals surface area contributed by atoms with Gasteiger partial charge in [-0.25, -0.2) is 0 Å². The van der Waals surface area contributed by atoms with Gasteiger partial charge in [-0.3, -0.25) is 5.32 Å². The van der Waals surface area contributed by atoms with Gasteiger partial charge in [0, 0.05) is 0 Å². The summed E-state index contributed by atoms with van der Waals surface area (Å²) in [6.07, 6.45) is 1.04. The first kappa shape index (κ1) is 20.0. The van der Waals surface area contributed by atoms with Crippen LogP contribution in [0.25, 0.3) is 0 Å². The lowest BCUT2D eigenvalue weighted by molar-refractivity contribution is -0.0634. The molecule has 0 aromatic heterocycles. The van der Waals surface area contributed by atoms with Crippen LogP contribution in [0.4, 0.5) is 0 Å². The van der Waals surface area contributed by atoms with Crippen LogP contribution < -0.4 is 16.8 Å². The van der Waals surface area contributed by atoms with Crippen LogP contribution in [0.15, 0.2) is 0 Å². The molecule has 0 aromatic carbocycles. The van der Waals surface area contributed by atoms with Gasteiger partial charge < -0.3 is 31.9 Å². The highest BCUT2D eigenvalue weighted by Gasteiger charge is 2.25. The molecule has 0 saturated heterocycles. The number of hydrogen-bond donors (Lipinski definition) is 7. The van der Waals surface area contributed by atoms with E-state index in [9.17, 15) is 0 Å². The second-order valence-electron chi connectivity index (χ2n) is 5.84. The number of hydrogen-bond acceptors (Lipinski definition) is 7. The van der Waals surface area contributed by atoms with E-state index in [1.165, 1.54) is 13.8 Å². The number of nitrogens with one attached hydrogen (secondary N) is 1. The van der Waals surface area contributed by atoms with Crippen LogP contribution in [0, 0.1) is 6.42 Å². The predicted molar refractivity (Wildman–Crippen MR) is 69.7 cm³/mol. The quantitative estimate of drug-likeness (QED) is 0.308. The van der Waals surface area contributed by atoms with E-state index >= 15 is 0 Å². The minimum Gasteiger partial charge on any atom is -0.376 e. The van der Waals surface area contributed by atoms with Gasteiger partial charge in [-0.15, -0.1) is 0 Å². The zero-order chi connectivity index (χ0) is 15.4. The smallest absolute Gasteiger partial charge is 0.118 e. The molecular weight excluding hydrogens is 238 g/mol. The first-order chi connectivity index (χ1) is 7.41. The molecule has 7 heteroatoms. The summed E-state index contributed by atoms with van der Waals surface area (Å²) in [6, 6.07) is 0. The highest BCUT2D eigenvalue weighted by molar-refractivity contribution is 4.94. The third kappa shape index (κ3) is 24.8. The van der Waals surface area contributed by atoms with Gasteiger partial charge in [-0.05, 0) is 41.5 Å². The Morgan fingerprint density at radius 3 is 0.944 bits per heavy atom. The summed E-state index contributed by atoms with van der Waals surface area (Å²) in [5.41, 5.74) is 5.10. The molecule has 2 atom stereocenters. The zero-order valence-electron chi connectivity index (χ0n) is 12.0. The molecule has 0 aliphatic heterocycles. The van der Waals surface area contributed by atoms with E-state index in [1.807, 2.05) is 0 Å². The molecule has 1 radical (unpaired) electrons. The minimum absolute atomic E-state index is 1.02. The van der Waals surface area contributed by atoms with E-state index in [4.69, 9.17) is 31.9 Å². The monoisotopic (exact) mass is 266 g/mol. The van der Waals surface area contributed by atoms with Crippen LogP contribution in [-0.2, 0) is 0 Å². The molecule has 2 unspecified atom stereocenters. The summed E-state index contributed by atoms with van der Waals surface area (Å²) in [5, 5.41) is 38.4. The molecule has 0 aliphatic carbocycles. The van der Waals surface area contributed by atoms with Crippen molar-refractivity contribution >= 4 is 0 Å². The molecule has 7 nitrogen and oxygen atoms in total. The van der Waals surface area contributed by atoms with Crippen LogP contribution in [0.1, 0.15) is 41.5 Å². The molecule has 0 bridgehead atoms. The van der Waals surface area contributed by atoms with Crippen molar-refractivity contribution in [1.82, 2.24) is 5.32 Å². The maximum atomic E-state index is 9.08. The lowest BCUT2D eigenvalue weighted by atomic mass is 10.1. The van der Waals surface area contributed by atoms with E-state index in [1.54, 1.807) is 27.7 Å². The van der Waals surface area contributed by atoms with Crippen molar-refractivity contribution in [3.8, 4) is 0 Å². The van der Waals surface area contributed by atoms with E-state index in [0.717, 1.165) is 6.42 Å². The van der Waals surface area contributed by atoms with E-state index in [2.05, 4.69) is 5.32 Å². The van der Waals surface area contributed by atoms with E-state index < -0.39 is 22.9 Å². The summed E-state index contributed by atoms with van der Waals surface area (Å²) in [5.74, 6) is 0. The lowest BCUT2D eigenvalue weighted by Crippen LogP contribution is -2.51. The summed E-state index contributed by atoms with van der Waals surface area (Å²) in [7, 11) is 0. The van der Waals surface area contributed by atoms with Gasteiger partial charge in [-0.1, -0.05) is 0 Å². The highest BCUT2D eigenvalue weighted by atomic mass is 16.3. The predicted octanol–water partition coefficient (Wildman–Crippen LogP) is -1.44. The minimum atomic E-state index is -1.52. The fraction of sp³-hybridized carbons (Fsp3) is 0.909. The Bertz CT molecular complexity index is 181. The Balaban J connectivity index is 0. The second-order valence-corrected chi connectivity index (χ2v) is 5.84. The first-order valence-electron chi connectivity index (χ1n) is 5.55. The van der Waals surface area contributed by atoms with Gasteiger partial charge in [0.25, 0.3) is 0 Å². The topological polar surface area (TPSA) is 145 Å². The number of nitrogens with two attached hydrogens (primary N) is 2. The SMILES string of the molecule is CC(C)(O)NC(C)(C)O.CC(N)(O)[CH]C(C)(N)O. The van der Waals surface area contributed by atoms with Gasteiger partial charge in [-0.2, -0.15) is 0 Å². The van der Waals surface area contributed by atoms with Gasteiger partial charge in [0.15, 0.2) is 0 Å². The largest absolute Gasteiger partial charge is 0.376 e. The molecule has 0 fully saturated rings. The second kappa shape index (κ2) is 6.25. The molecule has 0 rings (SSSR count). The number of aliphatic hydroxyl groups is 4. The van der Waals surface area contributed by atoms with Crippen LogP contribution in [0.3, 0.4) is 0 Å². The van der Waals surface area contributed by atoms with Crippen LogP contribution in [0.2, 0.25) is 0 Å². The molecule has 0 amide bonds. The molecule has 0 heterocycles. The van der Waals surface area contributed by atoms with Crippen molar-refractivity contribution < 1.29 is 20.4 Å². The Morgan fingerprint density at radius 2 is 0.944 bits per heavy atom. The highest BCUT2D eigenvalue weighted by Crippen LogP contribution is 2.07. The fourth-order valence-corrected chi connectivity index (χ4v) is 1.34. The summed E-state index contributed by atoms with van der Waals surface area (Å²) >= 11 is 0. The number of rotatable bonds is 4. The Labute approximate surface area is 109 Å². The van der Waals surface area contributed by atoms with Crippen molar-refractivity contribution in [1.29, 1.82) is 0 Å². The molecule has 0 spiro atoms. The summed E-state index contributed by atoms with van der Waals surface area (Å²) in [6.45, 7) is 8.95. The third-order valence-corrected chi connectivity index (χ3v) is 1.20. The van der Waals surface area contributed by atoms with Crippen molar-refractivity contribution in [2.45, 2.75) is 64.4 Å². The summed E-state index contributed by atoms with van der Waals surface area (Å²) in [4.78, 5) is 0. The zero-order valence-corrected chi connectivity index (χ0v) is 12.0. The van der Waals surface area contributed by atoms with Gasteiger partial charge in [0.05, 0.1) is 6.42 Å². The van der Waals surface area contributed by atoms with Gasteiger partial charge in [0.1, 0.15) is 22.9 Å². The Morgan fingerprint density at radius 1 is 0.722 bits per heavy atom.